The van der Waals surface area contributed by atoms with Crippen LogP contribution >= 0.6 is 11.6 Å². The van der Waals surface area contributed by atoms with E-state index in [-0.39, 0.29) is 5.92 Å². The van der Waals surface area contributed by atoms with E-state index >= 15 is 0 Å². The summed E-state index contributed by atoms with van der Waals surface area (Å²) in [6.07, 6.45) is 0.375. The Kier molecular flexibility index (Phi) is 4.29. The summed E-state index contributed by atoms with van der Waals surface area (Å²) < 4.78 is 0. The Hall–Kier alpha value is 0.250. The van der Waals surface area contributed by atoms with Crippen molar-refractivity contribution in [2.24, 2.45) is 5.92 Å². The zero-order chi connectivity index (χ0) is 6.57. The first-order chi connectivity index (χ1) is 3.68. The Bertz CT molecular complexity index is 54.5. The summed E-state index contributed by atoms with van der Waals surface area (Å²) in [5, 5.41) is 10.6. The van der Waals surface area contributed by atoms with Crippen molar-refractivity contribution in [3.05, 3.63) is 0 Å². The third-order valence-electron chi connectivity index (χ3n) is 1.37. The number of hydrogen-bond donors (Lipinski definition) is 0. The molecule has 2 heteroatoms. The molecule has 0 amide bonds. The zero-order valence-electron chi connectivity index (χ0n) is 5.36. The smallest absolute Gasteiger partial charge is 0.0927 e. The summed E-state index contributed by atoms with van der Waals surface area (Å²) in [4.78, 5) is 0. The first-order valence-corrected chi connectivity index (χ1v) is 3.43. The molecule has 0 rings (SSSR count). The molecular formula is C6H12ClO. The van der Waals surface area contributed by atoms with Gasteiger partial charge in [-0.15, -0.1) is 11.6 Å². The van der Waals surface area contributed by atoms with Crippen LogP contribution in [0.5, 0.6) is 0 Å². The highest BCUT2D eigenvalue weighted by atomic mass is 35.5. The maximum atomic E-state index is 10.6. The first kappa shape index (κ1) is 8.25. The predicted octanol–water partition coefficient (Wildman–Crippen LogP) is 2.07. The minimum absolute atomic E-state index is 0.229. The van der Waals surface area contributed by atoms with Crippen molar-refractivity contribution in [1.29, 1.82) is 0 Å². The molecule has 0 saturated heterocycles. The molecule has 0 aliphatic rings. The fourth-order valence-electron chi connectivity index (χ4n) is 0.407. The number of hydrogen-bond acceptors (Lipinski definition) is 0. The normalized spacial score (nSPS) is 18.0. The van der Waals surface area contributed by atoms with Crippen molar-refractivity contribution in [1.82, 2.24) is 0 Å². The van der Waals surface area contributed by atoms with E-state index < -0.39 is 6.10 Å². The topological polar surface area (TPSA) is 19.9 Å². The van der Waals surface area contributed by atoms with Gasteiger partial charge in [-0.3, -0.25) is 0 Å². The zero-order valence-corrected chi connectivity index (χ0v) is 6.11. The van der Waals surface area contributed by atoms with Gasteiger partial charge in [0.2, 0.25) is 0 Å². The highest BCUT2D eigenvalue weighted by molar-refractivity contribution is 6.17. The molecule has 0 heterocycles. The maximum Gasteiger partial charge on any atom is 0.0927 e. The Morgan fingerprint density at radius 1 is 1.50 bits per heavy atom. The van der Waals surface area contributed by atoms with Crippen molar-refractivity contribution in [3.63, 3.8) is 0 Å². The first-order valence-electron chi connectivity index (χ1n) is 2.90. The second kappa shape index (κ2) is 4.16. The van der Waals surface area contributed by atoms with Crippen LogP contribution in [-0.4, -0.2) is 12.0 Å². The van der Waals surface area contributed by atoms with Crippen LogP contribution in [0.3, 0.4) is 0 Å². The fourth-order valence-corrected chi connectivity index (χ4v) is 0.751. The van der Waals surface area contributed by atoms with E-state index in [9.17, 15) is 5.11 Å². The van der Waals surface area contributed by atoms with Gasteiger partial charge in [0.05, 0.1) is 6.10 Å². The summed E-state index contributed by atoms with van der Waals surface area (Å²) >= 11 is 5.40. The summed E-state index contributed by atoms with van der Waals surface area (Å²) in [6.45, 7) is 3.61. The lowest BCUT2D eigenvalue weighted by Crippen LogP contribution is -2.11. The molecular weight excluding hydrogens is 124 g/mol. The van der Waals surface area contributed by atoms with Gasteiger partial charge in [0, 0.05) is 5.88 Å². The SMILES string of the molecule is CC([O])C(C)CCCl. The molecule has 0 aliphatic carbocycles. The van der Waals surface area contributed by atoms with Crippen molar-refractivity contribution in [2.75, 3.05) is 5.88 Å². The summed E-state index contributed by atoms with van der Waals surface area (Å²) in [5.74, 6) is 0.834. The van der Waals surface area contributed by atoms with E-state index in [1.165, 1.54) is 0 Å². The lowest BCUT2D eigenvalue weighted by molar-refractivity contribution is 0.0579. The molecule has 0 aliphatic heterocycles. The van der Waals surface area contributed by atoms with Crippen LogP contribution < -0.4 is 0 Å². The highest BCUT2D eigenvalue weighted by Crippen LogP contribution is 2.07. The van der Waals surface area contributed by atoms with Crippen LogP contribution in [0, 0.1) is 5.92 Å². The van der Waals surface area contributed by atoms with E-state index in [0.717, 1.165) is 6.42 Å². The third-order valence-corrected chi connectivity index (χ3v) is 1.58. The van der Waals surface area contributed by atoms with Crippen molar-refractivity contribution < 1.29 is 5.11 Å². The Morgan fingerprint density at radius 2 is 2.00 bits per heavy atom. The minimum atomic E-state index is -0.464. The lowest BCUT2D eigenvalue weighted by atomic mass is 10.0. The lowest BCUT2D eigenvalue weighted by Gasteiger charge is -2.08. The third kappa shape index (κ3) is 3.28. The largest absolute Gasteiger partial charge is 0.233 e. The quantitative estimate of drug-likeness (QED) is 0.528. The molecule has 8 heavy (non-hydrogen) atoms. The molecule has 0 aromatic rings. The monoisotopic (exact) mass is 135 g/mol. The van der Waals surface area contributed by atoms with E-state index in [0.29, 0.717) is 5.88 Å². The molecule has 0 bridgehead atoms. The van der Waals surface area contributed by atoms with E-state index in [4.69, 9.17) is 11.6 Å². The standard InChI is InChI=1S/C6H12ClO/c1-5(3-4-7)6(2)8/h5-6H,3-4H2,1-2H3. The van der Waals surface area contributed by atoms with Gasteiger partial charge in [-0.05, 0) is 19.3 Å². The molecule has 0 fully saturated rings. The van der Waals surface area contributed by atoms with Gasteiger partial charge >= 0.3 is 0 Å². The van der Waals surface area contributed by atoms with Gasteiger partial charge < -0.3 is 0 Å². The van der Waals surface area contributed by atoms with E-state index in [1.807, 2.05) is 6.92 Å². The van der Waals surface area contributed by atoms with Crippen LogP contribution in [0.15, 0.2) is 0 Å². The highest BCUT2D eigenvalue weighted by Gasteiger charge is 2.07. The van der Waals surface area contributed by atoms with Gasteiger partial charge in [-0.1, -0.05) is 6.92 Å². The van der Waals surface area contributed by atoms with Crippen LogP contribution in [0.1, 0.15) is 20.3 Å². The second-order valence-corrected chi connectivity index (χ2v) is 2.54. The Labute approximate surface area is 55.7 Å². The molecule has 2 unspecified atom stereocenters. The van der Waals surface area contributed by atoms with Gasteiger partial charge in [-0.25, -0.2) is 5.11 Å². The Balaban J connectivity index is 3.17. The average molecular weight is 136 g/mol. The minimum Gasteiger partial charge on any atom is -0.233 e. The molecule has 0 saturated carbocycles. The molecule has 1 radical (unpaired) electrons. The van der Waals surface area contributed by atoms with Gasteiger partial charge in [0.1, 0.15) is 0 Å². The van der Waals surface area contributed by atoms with E-state index in [2.05, 4.69) is 0 Å². The number of halogens is 1. The van der Waals surface area contributed by atoms with E-state index in [1.54, 1.807) is 6.92 Å². The average Bonchev–Trinajstić information content (AvgIpc) is 1.67. The maximum absolute atomic E-state index is 10.6. The molecule has 0 N–H and O–H groups in total. The molecule has 49 valence electrons. The van der Waals surface area contributed by atoms with Crippen molar-refractivity contribution in [3.8, 4) is 0 Å². The van der Waals surface area contributed by atoms with Gasteiger partial charge in [0.25, 0.3) is 0 Å². The van der Waals surface area contributed by atoms with Gasteiger partial charge in [0.15, 0.2) is 0 Å². The number of alkyl halides is 1. The van der Waals surface area contributed by atoms with Crippen LogP contribution in [-0.2, 0) is 5.11 Å². The predicted molar refractivity (Wildman–Crippen MR) is 34.6 cm³/mol. The molecule has 1 nitrogen and oxygen atoms in total. The summed E-state index contributed by atoms with van der Waals surface area (Å²) in [7, 11) is 0. The second-order valence-electron chi connectivity index (χ2n) is 2.16. The molecule has 0 spiro atoms. The summed E-state index contributed by atoms with van der Waals surface area (Å²) in [5.41, 5.74) is 0. The van der Waals surface area contributed by atoms with Crippen LogP contribution in [0.2, 0.25) is 0 Å². The van der Waals surface area contributed by atoms with Crippen molar-refractivity contribution >= 4 is 11.6 Å². The van der Waals surface area contributed by atoms with Crippen LogP contribution in [0.4, 0.5) is 0 Å². The van der Waals surface area contributed by atoms with Crippen LogP contribution in [0.25, 0.3) is 0 Å². The fraction of sp³-hybridized carbons (Fsp3) is 1.00. The molecule has 0 aromatic carbocycles. The van der Waals surface area contributed by atoms with Crippen molar-refractivity contribution in [2.45, 2.75) is 26.4 Å². The number of rotatable bonds is 3. The van der Waals surface area contributed by atoms with Gasteiger partial charge in [-0.2, -0.15) is 0 Å². The Morgan fingerprint density at radius 3 is 2.12 bits per heavy atom. The molecule has 2 atom stereocenters. The molecule has 0 aromatic heterocycles. The summed E-state index contributed by atoms with van der Waals surface area (Å²) in [6, 6.07) is 0.